The standard InChI is InChI=1S/C30H58O6/c1-11-30(10,23-17-18-24(2)3)25(19-14-16-22-29(7,8)9)27(32)34-36-35-33-26(31)20-13-12-15-21-28(4,5)6/h24-25H,11-23H2,1-10H3. The van der Waals surface area contributed by atoms with Gasteiger partial charge in [0.1, 0.15) is 0 Å². The minimum atomic E-state index is -0.535. The summed E-state index contributed by atoms with van der Waals surface area (Å²) in [7, 11) is 0. The van der Waals surface area contributed by atoms with Crippen LogP contribution in [-0.4, -0.2) is 11.9 Å². The van der Waals surface area contributed by atoms with E-state index in [4.69, 9.17) is 4.89 Å². The van der Waals surface area contributed by atoms with Crippen molar-refractivity contribution in [1.82, 2.24) is 0 Å². The lowest BCUT2D eigenvalue weighted by Crippen LogP contribution is -2.35. The highest BCUT2D eigenvalue weighted by molar-refractivity contribution is 5.72. The minimum Gasteiger partial charge on any atom is -0.266 e. The summed E-state index contributed by atoms with van der Waals surface area (Å²) in [4.78, 5) is 34.5. The van der Waals surface area contributed by atoms with Crippen molar-refractivity contribution >= 4 is 11.9 Å². The molecule has 6 heteroatoms. The predicted molar refractivity (Wildman–Crippen MR) is 145 cm³/mol. The molecule has 0 radical (unpaired) electrons. The monoisotopic (exact) mass is 514 g/mol. The summed E-state index contributed by atoms with van der Waals surface area (Å²) < 4.78 is 0. The molecule has 0 fully saturated rings. The van der Waals surface area contributed by atoms with Crippen molar-refractivity contribution in [3.63, 3.8) is 0 Å². The third-order valence-electron chi connectivity index (χ3n) is 7.21. The van der Waals surface area contributed by atoms with Crippen LogP contribution < -0.4 is 0 Å². The van der Waals surface area contributed by atoms with Crippen molar-refractivity contribution in [1.29, 1.82) is 0 Å². The van der Waals surface area contributed by atoms with E-state index in [-0.39, 0.29) is 23.2 Å². The SMILES string of the molecule is CCC(C)(CCCC(C)C)C(CCCCC(C)(C)C)C(=O)OOOOC(=O)CCCCCC(C)(C)C. The summed E-state index contributed by atoms with van der Waals surface area (Å²) in [6.07, 6.45) is 12.0. The summed E-state index contributed by atoms with van der Waals surface area (Å²) in [6, 6.07) is 0. The Morgan fingerprint density at radius 1 is 0.667 bits per heavy atom. The van der Waals surface area contributed by atoms with E-state index in [1.54, 1.807) is 0 Å². The third kappa shape index (κ3) is 18.2. The van der Waals surface area contributed by atoms with Gasteiger partial charge in [0.15, 0.2) is 0 Å². The van der Waals surface area contributed by atoms with Gasteiger partial charge in [0.2, 0.25) is 0 Å². The first-order chi connectivity index (χ1) is 16.6. The molecule has 0 heterocycles. The average molecular weight is 515 g/mol. The second kappa shape index (κ2) is 17.4. The summed E-state index contributed by atoms with van der Waals surface area (Å²) in [5.74, 6) is -0.671. The van der Waals surface area contributed by atoms with Crippen LogP contribution in [0.1, 0.15) is 153 Å². The van der Waals surface area contributed by atoms with Gasteiger partial charge in [-0.2, -0.15) is 0 Å². The largest absolute Gasteiger partial charge is 0.349 e. The molecular weight excluding hydrogens is 456 g/mol. The number of unbranched alkanes of at least 4 members (excludes halogenated alkanes) is 3. The van der Waals surface area contributed by atoms with E-state index in [9.17, 15) is 9.59 Å². The molecule has 2 unspecified atom stereocenters. The van der Waals surface area contributed by atoms with Crippen LogP contribution in [0.3, 0.4) is 0 Å². The molecule has 0 saturated carbocycles. The lowest BCUT2D eigenvalue weighted by molar-refractivity contribution is -0.601. The molecule has 0 aliphatic heterocycles. The lowest BCUT2D eigenvalue weighted by Gasteiger charge is -2.35. The van der Waals surface area contributed by atoms with Crippen LogP contribution in [-0.2, 0) is 29.4 Å². The zero-order valence-corrected chi connectivity index (χ0v) is 25.3. The topological polar surface area (TPSA) is 71.1 Å². The van der Waals surface area contributed by atoms with Gasteiger partial charge < -0.3 is 0 Å². The maximum absolute atomic E-state index is 13.0. The summed E-state index contributed by atoms with van der Waals surface area (Å²) in [6.45, 7) is 22.1. The molecule has 2 atom stereocenters. The summed E-state index contributed by atoms with van der Waals surface area (Å²) in [5, 5.41) is 9.03. The van der Waals surface area contributed by atoms with E-state index in [2.05, 4.69) is 84.2 Å². The van der Waals surface area contributed by atoms with E-state index in [0.29, 0.717) is 11.3 Å². The van der Waals surface area contributed by atoms with Crippen molar-refractivity contribution in [3.05, 3.63) is 0 Å². The molecule has 0 bridgehead atoms. The second-order valence-electron chi connectivity index (χ2n) is 13.8. The molecule has 6 nitrogen and oxygen atoms in total. The average Bonchev–Trinajstić information content (AvgIpc) is 2.74. The Labute approximate surface area is 222 Å². The maximum atomic E-state index is 13.0. The molecule has 0 amide bonds. The van der Waals surface area contributed by atoms with Crippen LogP contribution in [0.2, 0.25) is 0 Å². The molecule has 0 aromatic heterocycles. The molecular formula is C30H58O6. The van der Waals surface area contributed by atoms with Crippen LogP contribution in [0.25, 0.3) is 0 Å². The van der Waals surface area contributed by atoms with Crippen molar-refractivity contribution in [3.8, 4) is 0 Å². The van der Waals surface area contributed by atoms with Crippen LogP contribution in [0.4, 0.5) is 0 Å². The van der Waals surface area contributed by atoms with E-state index in [0.717, 1.165) is 77.0 Å². The second-order valence-corrected chi connectivity index (χ2v) is 13.8. The Morgan fingerprint density at radius 3 is 1.75 bits per heavy atom. The van der Waals surface area contributed by atoms with Crippen LogP contribution in [0.5, 0.6) is 0 Å². The number of carbonyl (C=O) groups excluding carboxylic acids is 2. The minimum absolute atomic E-state index is 0.194. The maximum Gasteiger partial charge on any atom is 0.349 e. The van der Waals surface area contributed by atoms with Gasteiger partial charge >= 0.3 is 11.9 Å². The first-order valence-electron chi connectivity index (χ1n) is 14.3. The van der Waals surface area contributed by atoms with Gasteiger partial charge in [-0.25, -0.2) is 9.59 Å². The lowest BCUT2D eigenvalue weighted by atomic mass is 9.69. The fourth-order valence-corrected chi connectivity index (χ4v) is 4.57. The highest BCUT2D eigenvalue weighted by Crippen LogP contribution is 2.41. The zero-order valence-electron chi connectivity index (χ0n) is 25.3. The van der Waals surface area contributed by atoms with Crippen LogP contribution in [0, 0.1) is 28.1 Å². The Bertz CT molecular complexity index is 602. The molecule has 0 spiro atoms. The Balaban J connectivity index is 4.69. The first-order valence-corrected chi connectivity index (χ1v) is 14.3. The number of hydrogen-bond acceptors (Lipinski definition) is 6. The fourth-order valence-electron chi connectivity index (χ4n) is 4.57. The van der Waals surface area contributed by atoms with Gasteiger partial charge in [-0.1, -0.05) is 108 Å². The Kier molecular flexibility index (Phi) is 16.8. The highest BCUT2D eigenvalue weighted by atomic mass is 17.7. The summed E-state index contributed by atoms with van der Waals surface area (Å²) in [5.41, 5.74) is 0.379. The van der Waals surface area contributed by atoms with E-state index in [1.807, 2.05) is 0 Å². The van der Waals surface area contributed by atoms with Gasteiger partial charge in [-0.3, -0.25) is 9.78 Å². The van der Waals surface area contributed by atoms with Gasteiger partial charge in [-0.05, 0) is 60.7 Å². The van der Waals surface area contributed by atoms with E-state index >= 15 is 0 Å². The quantitative estimate of drug-likeness (QED) is 0.0971. The van der Waals surface area contributed by atoms with Crippen LogP contribution in [0.15, 0.2) is 0 Å². The van der Waals surface area contributed by atoms with Gasteiger partial charge in [0, 0.05) is 16.5 Å². The fraction of sp³-hybridized carbons (Fsp3) is 0.933. The molecule has 0 rings (SSSR count). The predicted octanol–water partition coefficient (Wildman–Crippen LogP) is 9.31. The zero-order chi connectivity index (χ0) is 27.8. The molecule has 0 aromatic carbocycles. The molecule has 36 heavy (non-hydrogen) atoms. The normalized spacial score (nSPS) is 15.0. The number of rotatable bonds is 19. The summed E-state index contributed by atoms with van der Waals surface area (Å²) >= 11 is 0. The van der Waals surface area contributed by atoms with Gasteiger partial charge in [-0.15, -0.1) is 0 Å². The van der Waals surface area contributed by atoms with Crippen molar-refractivity contribution in [2.24, 2.45) is 28.1 Å². The Morgan fingerprint density at radius 2 is 1.22 bits per heavy atom. The Hall–Kier alpha value is -1.14. The molecule has 214 valence electrons. The highest BCUT2D eigenvalue weighted by Gasteiger charge is 2.39. The first kappa shape index (κ1) is 34.9. The van der Waals surface area contributed by atoms with Crippen LogP contribution >= 0.6 is 0 Å². The van der Waals surface area contributed by atoms with Crippen molar-refractivity contribution < 1.29 is 29.4 Å². The number of hydrogen-bond donors (Lipinski definition) is 0. The van der Waals surface area contributed by atoms with E-state index < -0.39 is 11.9 Å². The molecule has 0 aliphatic rings. The molecule has 0 aromatic rings. The van der Waals surface area contributed by atoms with Gasteiger partial charge in [0.25, 0.3) is 0 Å². The van der Waals surface area contributed by atoms with E-state index in [1.165, 1.54) is 0 Å². The third-order valence-corrected chi connectivity index (χ3v) is 7.21. The molecule has 0 aliphatic carbocycles. The molecule has 0 N–H and O–H groups in total. The smallest absolute Gasteiger partial charge is 0.266 e. The molecule has 0 saturated heterocycles. The number of carbonyl (C=O) groups is 2. The van der Waals surface area contributed by atoms with Crippen molar-refractivity contribution in [2.75, 3.05) is 0 Å². The van der Waals surface area contributed by atoms with Gasteiger partial charge in [0.05, 0.1) is 5.92 Å². The van der Waals surface area contributed by atoms with Crippen molar-refractivity contribution in [2.45, 2.75) is 153 Å².